The van der Waals surface area contributed by atoms with Gasteiger partial charge in [0.2, 0.25) is 0 Å². The number of esters is 2. The molecule has 11 atom stereocenters. The first-order valence-corrected chi connectivity index (χ1v) is 28.3. The predicted molar refractivity (Wildman–Crippen MR) is 271 cm³/mol. The van der Waals surface area contributed by atoms with Gasteiger partial charge in [-0.1, -0.05) is 193 Å². The molecule has 70 heavy (non-hydrogen) atoms. The number of hydrogen-bond donors (Lipinski definition) is 7. The van der Waals surface area contributed by atoms with E-state index >= 15 is 0 Å². The van der Waals surface area contributed by atoms with E-state index in [-0.39, 0.29) is 26.1 Å². The molecule has 2 saturated heterocycles. The Morgan fingerprint density at radius 2 is 0.814 bits per heavy atom. The Labute approximate surface area is 422 Å². The van der Waals surface area contributed by atoms with Crippen LogP contribution < -0.4 is 0 Å². The van der Waals surface area contributed by atoms with Gasteiger partial charge in [-0.05, 0) is 38.5 Å². The maximum absolute atomic E-state index is 13.0. The second-order valence-corrected chi connectivity index (χ2v) is 20.1. The molecule has 2 aliphatic heterocycles. The zero-order valence-corrected chi connectivity index (χ0v) is 43.8. The van der Waals surface area contributed by atoms with Crippen LogP contribution >= 0.6 is 0 Å². The fourth-order valence-corrected chi connectivity index (χ4v) is 9.10. The molecule has 0 bridgehead atoms. The Morgan fingerprint density at radius 3 is 1.26 bits per heavy atom. The van der Waals surface area contributed by atoms with Crippen molar-refractivity contribution in [3.63, 3.8) is 0 Å². The van der Waals surface area contributed by atoms with Crippen LogP contribution in [-0.4, -0.2) is 142 Å². The number of allylic oxidation sites excluding steroid dienone is 2. The number of hydrogen-bond acceptors (Lipinski definition) is 15. The van der Waals surface area contributed by atoms with Crippen LogP contribution in [0, 0.1) is 0 Å². The fourth-order valence-electron chi connectivity index (χ4n) is 9.10. The summed E-state index contributed by atoms with van der Waals surface area (Å²) in [5.41, 5.74) is 0. The van der Waals surface area contributed by atoms with E-state index in [4.69, 9.17) is 28.4 Å². The van der Waals surface area contributed by atoms with E-state index in [1.54, 1.807) is 0 Å². The van der Waals surface area contributed by atoms with Gasteiger partial charge in [-0.25, -0.2) is 0 Å². The van der Waals surface area contributed by atoms with Gasteiger partial charge >= 0.3 is 11.9 Å². The summed E-state index contributed by atoms with van der Waals surface area (Å²) < 4.78 is 33.7. The number of ether oxygens (including phenoxy) is 6. The van der Waals surface area contributed by atoms with Gasteiger partial charge in [0.05, 0.1) is 19.8 Å². The molecule has 2 rings (SSSR count). The monoisotopic (exact) mass is 1000 g/mol. The van der Waals surface area contributed by atoms with Crippen molar-refractivity contribution in [3.8, 4) is 0 Å². The molecule has 11 unspecified atom stereocenters. The molecular weight excluding hydrogens is 901 g/mol. The van der Waals surface area contributed by atoms with Gasteiger partial charge in [0.25, 0.3) is 0 Å². The molecule has 0 aromatic carbocycles. The third-order valence-electron chi connectivity index (χ3n) is 13.7. The average molecular weight is 1000 g/mol. The van der Waals surface area contributed by atoms with E-state index in [1.807, 2.05) is 0 Å². The van der Waals surface area contributed by atoms with E-state index < -0.39 is 92.7 Å². The number of aliphatic hydroxyl groups excluding tert-OH is 7. The first-order valence-electron chi connectivity index (χ1n) is 28.3. The first-order chi connectivity index (χ1) is 34.0. The summed E-state index contributed by atoms with van der Waals surface area (Å²) in [6.07, 6.45) is 26.6. The van der Waals surface area contributed by atoms with Crippen molar-refractivity contribution in [2.75, 3.05) is 26.4 Å². The minimum absolute atomic E-state index is 0.167. The van der Waals surface area contributed by atoms with E-state index in [2.05, 4.69) is 26.0 Å². The third kappa shape index (κ3) is 29.8. The molecule has 15 nitrogen and oxygen atoms in total. The third-order valence-corrected chi connectivity index (χ3v) is 13.7. The topological polar surface area (TPSA) is 231 Å². The zero-order chi connectivity index (χ0) is 51.0. The van der Waals surface area contributed by atoms with Gasteiger partial charge < -0.3 is 64.2 Å². The van der Waals surface area contributed by atoms with Crippen molar-refractivity contribution in [3.05, 3.63) is 12.2 Å². The number of carbonyl (C=O) groups excluding carboxylic acids is 2. The van der Waals surface area contributed by atoms with Crippen molar-refractivity contribution >= 4 is 11.9 Å². The SMILES string of the molecule is CCCCCCCC/C=C\CCCCCCCCCCCC(=O)OC(COC(=O)CCCCCCCCCCCCCCCCC)COC1OC(COC2OC(CO)C(O)C(O)C2O)C(O)C(O)C1O. The van der Waals surface area contributed by atoms with Gasteiger partial charge in [0.1, 0.15) is 55.4 Å². The highest BCUT2D eigenvalue weighted by Gasteiger charge is 2.47. The summed E-state index contributed by atoms with van der Waals surface area (Å²) in [4.78, 5) is 25.8. The van der Waals surface area contributed by atoms with Crippen LogP contribution in [0.5, 0.6) is 0 Å². The Kier molecular flexibility index (Phi) is 39.1. The minimum atomic E-state index is -1.76. The maximum atomic E-state index is 13.0. The summed E-state index contributed by atoms with van der Waals surface area (Å²) in [7, 11) is 0. The summed E-state index contributed by atoms with van der Waals surface area (Å²) >= 11 is 0. The van der Waals surface area contributed by atoms with E-state index in [9.17, 15) is 45.3 Å². The lowest BCUT2D eigenvalue weighted by atomic mass is 9.98. The van der Waals surface area contributed by atoms with Crippen LogP contribution in [0.25, 0.3) is 0 Å². The maximum Gasteiger partial charge on any atom is 0.306 e. The lowest BCUT2D eigenvalue weighted by Crippen LogP contribution is -2.61. The second kappa shape index (κ2) is 42.6. The van der Waals surface area contributed by atoms with Gasteiger partial charge in [0, 0.05) is 12.8 Å². The van der Waals surface area contributed by atoms with Crippen LogP contribution in [0.15, 0.2) is 12.2 Å². The highest BCUT2D eigenvalue weighted by Crippen LogP contribution is 2.27. The van der Waals surface area contributed by atoms with Gasteiger partial charge in [-0.15, -0.1) is 0 Å². The normalized spacial score (nSPS) is 25.4. The lowest BCUT2D eigenvalue weighted by molar-refractivity contribution is -0.332. The van der Waals surface area contributed by atoms with Crippen LogP contribution in [0.3, 0.4) is 0 Å². The molecule has 412 valence electrons. The highest BCUT2D eigenvalue weighted by molar-refractivity contribution is 5.70. The van der Waals surface area contributed by atoms with Crippen LogP contribution in [-0.2, 0) is 38.0 Å². The highest BCUT2D eigenvalue weighted by atomic mass is 16.7. The molecule has 0 radical (unpaired) electrons. The molecule has 0 spiro atoms. The smallest absolute Gasteiger partial charge is 0.306 e. The molecule has 0 aliphatic carbocycles. The molecule has 7 N–H and O–H groups in total. The number of carbonyl (C=O) groups is 2. The Balaban J connectivity index is 1.76. The molecule has 0 saturated carbocycles. The summed E-state index contributed by atoms with van der Waals surface area (Å²) in [5, 5.41) is 72.2. The van der Waals surface area contributed by atoms with E-state index in [0.29, 0.717) is 12.8 Å². The molecule has 0 amide bonds. The van der Waals surface area contributed by atoms with Crippen LogP contribution in [0.1, 0.15) is 232 Å². The zero-order valence-electron chi connectivity index (χ0n) is 43.8. The number of rotatable bonds is 45. The van der Waals surface area contributed by atoms with Crippen LogP contribution in [0.2, 0.25) is 0 Å². The molecule has 2 heterocycles. The summed E-state index contributed by atoms with van der Waals surface area (Å²) in [6.45, 7) is 2.63. The van der Waals surface area contributed by atoms with Crippen LogP contribution in [0.4, 0.5) is 0 Å². The quantitative estimate of drug-likeness (QED) is 0.0172. The molecule has 15 heteroatoms. The van der Waals surface area contributed by atoms with Crippen molar-refractivity contribution in [2.24, 2.45) is 0 Å². The number of unbranched alkanes of at least 4 members (excludes halogenated alkanes) is 29. The molecule has 2 aliphatic rings. The molecule has 0 aromatic rings. The summed E-state index contributed by atoms with van der Waals surface area (Å²) in [5.74, 6) is -0.913. The molecule has 0 aromatic heterocycles. The Bertz CT molecular complexity index is 1270. The fraction of sp³-hybridized carbons (Fsp3) is 0.927. The predicted octanol–water partition coefficient (Wildman–Crippen LogP) is 8.94. The minimum Gasteiger partial charge on any atom is -0.462 e. The molecular formula is C55H102O15. The van der Waals surface area contributed by atoms with Gasteiger partial charge in [-0.3, -0.25) is 9.59 Å². The standard InChI is InChI=1S/C55H102O15/c1-3-5-7-9-11-13-15-17-19-20-21-22-24-26-28-30-32-34-36-38-47(58)68-43(40-65-46(57)37-35-33-31-29-27-25-23-18-16-14-12-10-8-6-4-2)41-66-54-53(64)51(62)49(60)45(70-54)42-67-55-52(63)50(61)48(59)44(39-56)69-55/h17,19,43-45,48-56,59-64H,3-16,18,20-42H2,1-2H3/b19-17-. The van der Waals surface area contributed by atoms with Gasteiger partial charge in [0.15, 0.2) is 18.7 Å². The largest absolute Gasteiger partial charge is 0.462 e. The first kappa shape index (κ1) is 64.4. The average Bonchev–Trinajstić information content (AvgIpc) is 3.35. The number of aliphatic hydroxyl groups is 7. The second-order valence-electron chi connectivity index (χ2n) is 20.1. The lowest BCUT2D eigenvalue weighted by Gasteiger charge is -2.42. The van der Waals surface area contributed by atoms with Crippen molar-refractivity contribution in [1.29, 1.82) is 0 Å². The van der Waals surface area contributed by atoms with Crippen molar-refractivity contribution in [1.82, 2.24) is 0 Å². The molecule has 2 fully saturated rings. The summed E-state index contributed by atoms with van der Waals surface area (Å²) in [6, 6.07) is 0. The Hall–Kier alpha value is -1.76. The Morgan fingerprint density at radius 1 is 0.443 bits per heavy atom. The van der Waals surface area contributed by atoms with E-state index in [0.717, 1.165) is 44.9 Å². The van der Waals surface area contributed by atoms with E-state index in [1.165, 1.54) is 148 Å². The van der Waals surface area contributed by atoms with Crippen molar-refractivity contribution in [2.45, 2.75) is 300 Å². The van der Waals surface area contributed by atoms with Gasteiger partial charge in [-0.2, -0.15) is 0 Å². The van der Waals surface area contributed by atoms with Crippen molar-refractivity contribution < 1.29 is 73.8 Å².